The number of hydrogen-bond acceptors (Lipinski definition) is 9. The molecular weight excluding hydrogens is 751 g/mol. The third-order valence-corrected chi connectivity index (χ3v) is 11.9. The molecule has 0 spiro atoms. The lowest BCUT2D eigenvalue weighted by atomic mass is 10.0. The molecule has 3 aliphatic rings. The van der Waals surface area contributed by atoms with E-state index in [9.17, 15) is 29.7 Å². The molecule has 4 aromatic rings. The molecule has 0 aromatic heterocycles. The van der Waals surface area contributed by atoms with Gasteiger partial charge in [-0.15, -0.1) is 0 Å². The minimum atomic E-state index is -0.938. The second-order valence-corrected chi connectivity index (χ2v) is 15.9. The second kappa shape index (κ2) is 19.5. The van der Waals surface area contributed by atoms with Gasteiger partial charge in [-0.3, -0.25) is 14.5 Å². The topological polar surface area (TPSA) is 164 Å². The predicted octanol–water partition coefficient (Wildman–Crippen LogP) is 5.56. The number of amides is 3. The Morgan fingerprint density at radius 3 is 2.36 bits per heavy atom. The van der Waals surface area contributed by atoms with E-state index in [-0.39, 0.29) is 54.6 Å². The Labute approximate surface area is 345 Å². The maximum Gasteiger partial charge on any atom is 0.412 e. The van der Waals surface area contributed by atoms with Crippen LogP contribution in [0, 0.1) is 11.8 Å². The van der Waals surface area contributed by atoms with Crippen molar-refractivity contribution in [2.24, 2.45) is 11.8 Å². The lowest BCUT2D eigenvalue weighted by Crippen LogP contribution is -2.39. The van der Waals surface area contributed by atoms with Crippen molar-refractivity contribution in [3.63, 3.8) is 0 Å². The summed E-state index contributed by atoms with van der Waals surface area (Å²) in [6.45, 7) is 4.79. The molecule has 2 aliphatic heterocycles. The van der Waals surface area contributed by atoms with Crippen LogP contribution in [-0.2, 0) is 27.2 Å². The SMILES string of the molecule is CN(CCNC[C@H](O)c1ccc(O)c2c1OCC(=O)N2)C(=O)CCOCCc1ccc(CCN2C[C@H]3CC(N(C(=O)O)c4ccccc4-c4ccccc4)C[C@H]3C2)cc1. The first kappa shape index (κ1) is 41.7. The van der Waals surface area contributed by atoms with Gasteiger partial charge in [-0.05, 0) is 72.4 Å². The molecule has 1 saturated heterocycles. The Bertz CT molecular complexity index is 2050. The Balaban J connectivity index is 0.761. The van der Waals surface area contributed by atoms with Crippen molar-refractivity contribution in [1.29, 1.82) is 0 Å². The number of aromatic hydroxyl groups is 1. The Hall–Kier alpha value is -5.47. The Morgan fingerprint density at radius 1 is 0.932 bits per heavy atom. The van der Waals surface area contributed by atoms with Gasteiger partial charge in [-0.1, -0.05) is 72.8 Å². The minimum Gasteiger partial charge on any atom is -0.506 e. The summed E-state index contributed by atoms with van der Waals surface area (Å²) in [5.41, 5.74) is 5.82. The number of likely N-dealkylation sites (N-methyl/N-ethyl adjacent to an activating group) is 1. The highest BCUT2D eigenvalue weighted by Crippen LogP contribution is 2.44. The number of carboxylic acid groups (broad SMARTS) is 1. The number of nitrogens with one attached hydrogen (secondary N) is 2. The number of fused-ring (bicyclic) bond motifs is 2. The van der Waals surface area contributed by atoms with E-state index < -0.39 is 12.2 Å². The molecule has 0 radical (unpaired) electrons. The normalized spacial score (nSPS) is 19.0. The number of hydrogen-bond donors (Lipinski definition) is 5. The van der Waals surface area contributed by atoms with E-state index in [1.165, 1.54) is 17.2 Å². The summed E-state index contributed by atoms with van der Waals surface area (Å²) in [6.07, 6.45) is 1.95. The van der Waals surface area contributed by atoms with E-state index in [4.69, 9.17) is 9.47 Å². The summed E-state index contributed by atoms with van der Waals surface area (Å²) in [7, 11) is 1.74. The van der Waals surface area contributed by atoms with Crippen LogP contribution in [0.25, 0.3) is 11.1 Å². The van der Waals surface area contributed by atoms with E-state index in [1.807, 2.05) is 54.6 Å². The zero-order valence-electron chi connectivity index (χ0n) is 33.6. The number of aliphatic hydroxyl groups excluding tert-OH is 1. The fourth-order valence-electron chi connectivity index (χ4n) is 8.72. The van der Waals surface area contributed by atoms with Gasteiger partial charge in [-0.25, -0.2) is 4.79 Å². The van der Waals surface area contributed by atoms with E-state index in [1.54, 1.807) is 22.9 Å². The van der Waals surface area contributed by atoms with Crippen LogP contribution in [0.15, 0.2) is 91.0 Å². The largest absolute Gasteiger partial charge is 0.506 e. The monoisotopic (exact) mass is 805 g/mol. The Morgan fingerprint density at radius 2 is 1.63 bits per heavy atom. The van der Waals surface area contributed by atoms with E-state index in [0.717, 1.165) is 62.1 Å². The van der Waals surface area contributed by atoms with Crippen molar-refractivity contribution < 1.29 is 39.2 Å². The molecule has 7 rings (SSSR count). The third kappa shape index (κ3) is 10.4. The van der Waals surface area contributed by atoms with Gasteiger partial charge in [0.1, 0.15) is 11.4 Å². The quantitative estimate of drug-likeness (QED) is 0.0636. The summed E-state index contributed by atoms with van der Waals surface area (Å²) in [6, 6.07) is 29.5. The first-order valence-corrected chi connectivity index (χ1v) is 20.6. The number of anilines is 2. The molecule has 312 valence electrons. The first-order valence-electron chi connectivity index (χ1n) is 20.6. The van der Waals surface area contributed by atoms with Gasteiger partial charge in [0, 0.05) is 63.5 Å². The van der Waals surface area contributed by atoms with Gasteiger partial charge in [0.25, 0.3) is 5.91 Å². The summed E-state index contributed by atoms with van der Waals surface area (Å²) >= 11 is 0. The number of likely N-dealkylation sites (tertiary alicyclic amines) is 1. The number of carbonyl (C=O) groups excluding carboxylic acids is 2. The predicted molar refractivity (Wildman–Crippen MR) is 226 cm³/mol. The van der Waals surface area contributed by atoms with Crippen LogP contribution in [0.1, 0.15) is 42.1 Å². The van der Waals surface area contributed by atoms with Crippen molar-refractivity contribution in [2.75, 3.05) is 76.4 Å². The molecule has 2 heterocycles. The first-order chi connectivity index (χ1) is 28.6. The highest BCUT2D eigenvalue weighted by Gasteiger charge is 2.44. The van der Waals surface area contributed by atoms with Gasteiger partial charge in [0.15, 0.2) is 12.4 Å². The molecule has 5 N–H and O–H groups in total. The molecule has 1 unspecified atom stereocenters. The maximum atomic E-state index is 12.7. The van der Waals surface area contributed by atoms with Gasteiger partial charge in [0.2, 0.25) is 5.91 Å². The number of benzene rings is 4. The molecule has 13 heteroatoms. The number of phenolic OH excluding ortho intramolecular Hbond substituents is 1. The van der Waals surface area contributed by atoms with E-state index in [2.05, 4.69) is 39.8 Å². The average molecular weight is 806 g/mol. The summed E-state index contributed by atoms with van der Waals surface area (Å²) in [4.78, 5) is 42.7. The smallest absolute Gasteiger partial charge is 0.412 e. The van der Waals surface area contributed by atoms with Gasteiger partial charge >= 0.3 is 6.09 Å². The molecule has 1 saturated carbocycles. The number of para-hydroxylation sites is 1. The average Bonchev–Trinajstić information content (AvgIpc) is 3.81. The number of rotatable bonds is 18. The van der Waals surface area contributed by atoms with Gasteiger partial charge in [0.05, 0.1) is 31.4 Å². The van der Waals surface area contributed by atoms with Crippen LogP contribution in [0.5, 0.6) is 11.5 Å². The molecule has 59 heavy (non-hydrogen) atoms. The molecule has 2 fully saturated rings. The fraction of sp³-hybridized carbons (Fsp3) is 0.413. The van der Waals surface area contributed by atoms with Crippen LogP contribution in [0.4, 0.5) is 16.2 Å². The Kier molecular flexibility index (Phi) is 13.8. The van der Waals surface area contributed by atoms with Gasteiger partial charge in [-0.2, -0.15) is 0 Å². The summed E-state index contributed by atoms with van der Waals surface area (Å²) in [5, 5.41) is 36.8. The third-order valence-electron chi connectivity index (χ3n) is 11.9. The van der Waals surface area contributed by atoms with E-state index in [0.29, 0.717) is 43.7 Å². The molecule has 13 nitrogen and oxygen atoms in total. The van der Waals surface area contributed by atoms with Gasteiger partial charge < -0.3 is 45.2 Å². The molecule has 4 aromatic carbocycles. The number of carbonyl (C=O) groups is 3. The van der Waals surface area contributed by atoms with Crippen molar-refractivity contribution in [1.82, 2.24) is 15.1 Å². The summed E-state index contributed by atoms with van der Waals surface area (Å²) in [5.74, 6) is 0.725. The lowest BCUT2D eigenvalue weighted by molar-refractivity contribution is -0.131. The zero-order chi connectivity index (χ0) is 41.3. The van der Waals surface area contributed by atoms with Crippen LogP contribution in [0.3, 0.4) is 0 Å². The standard InChI is InChI=1S/C46H55N5O8/c1-49(22-20-47-27-41(53)38-15-16-40(52)44-45(38)59-30-42(54)48-44)43(55)19-24-58-23-18-32-13-11-31(12-14-32)17-21-50-28-34-25-36(26-35(34)29-50)51(46(56)57)39-10-6-5-9-37(39)33-7-3-2-4-8-33/h2-16,34-36,41,47,52-53H,17-30H2,1H3,(H,48,54)(H,56,57)/t34-,35+,36?,41-/m0/s1. The highest BCUT2D eigenvalue weighted by molar-refractivity contribution is 5.97. The number of ether oxygens (including phenoxy) is 2. The molecule has 4 atom stereocenters. The molecule has 1 aliphatic carbocycles. The molecule has 0 bridgehead atoms. The maximum absolute atomic E-state index is 12.7. The fourth-order valence-corrected chi connectivity index (χ4v) is 8.72. The molecular formula is C46H55N5O8. The zero-order valence-corrected chi connectivity index (χ0v) is 33.6. The van der Waals surface area contributed by atoms with E-state index >= 15 is 0 Å². The van der Waals surface area contributed by atoms with Crippen LogP contribution in [-0.4, -0.2) is 115 Å². The lowest BCUT2D eigenvalue weighted by Gasteiger charge is -2.29. The van der Waals surface area contributed by atoms with Crippen molar-refractivity contribution in [3.05, 3.63) is 108 Å². The minimum absolute atomic E-state index is 0.0236. The number of aliphatic hydroxyl groups is 1. The number of phenols is 1. The van der Waals surface area contributed by atoms with Crippen LogP contribution < -0.4 is 20.3 Å². The van der Waals surface area contributed by atoms with Crippen molar-refractivity contribution in [2.45, 2.75) is 44.2 Å². The summed E-state index contributed by atoms with van der Waals surface area (Å²) < 4.78 is 11.3. The van der Waals surface area contributed by atoms with Crippen LogP contribution >= 0.6 is 0 Å². The van der Waals surface area contributed by atoms with Crippen LogP contribution in [0.2, 0.25) is 0 Å². The number of nitrogens with zero attached hydrogens (tertiary/aromatic N) is 3. The highest BCUT2D eigenvalue weighted by atomic mass is 16.5. The molecule has 3 amide bonds. The van der Waals surface area contributed by atoms with Crippen molar-refractivity contribution in [3.8, 4) is 22.6 Å². The van der Waals surface area contributed by atoms with Crippen molar-refractivity contribution >= 4 is 29.3 Å². The second-order valence-electron chi connectivity index (χ2n) is 15.9.